The van der Waals surface area contributed by atoms with E-state index in [0.717, 1.165) is 13.0 Å². The smallest absolute Gasteiger partial charge is 0.145 e. The molecule has 0 saturated carbocycles. The standard InChI is InChI=1S/C12H27OPS2/c1-2-3-4-5-6-7-8-9-10-11-12-13-14(15)16/h15-16H,2-12H2,1H3. The van der Waals surface area contributed by atoms with Gasteiger partial charge in [-0.15, -0.1) is 24.5 Å². The zero-order chi connectivity index (χ0) is 12.1. The van der Waals surface area contributed by atoms with Crippen molar-refractivity contribution in [3.63, 3.8) is 0 Å². The third kappa shape index (κ3) is 15.1. The summed E-state index contributed by atoms with van der Waals surface area (Å²) in [5.41, 5.74) is 0. The van der Waals surface area contributed by atoms with Crippen LogP contribution in [0.2, 0.25) is 0 Å². The van der Waals surface area contributed by atoms with Crippen LogP contribution in [0.4, 0.5) is 0 Å². The molecule has 0 spiro atoms. The second-order valence-electron chi connectivity index (χ2n) is 4.27. The second kappa shape index (κ2) is 14.2. The Hall–Kier alpha value is 1.09. The predicted octanol–water partition coefficient (Wildman–Crippen LogP) is 6.01. The molecule has 0 N–H and O–H groups in total. The highest BCUT2D eigenvalue weighted by molar-refractivity contribution is 8.76. The summed E-state index contributed by atoms with van der Waals surface area (Å²) in [6, 6.07) is 0. The van der Waals surface area contributed by atoms with E-state index in [1.165, 1.54) is 57.8 Å². The lowest BCUT2D eigenvalue weighted by Gasteiger charge is -2.05. The maximum atomic E-state index is 5.31. The number of unbranched alkanes of at least 4 members (excludes halogenated alkanes) is 9. The Balaban J connectivity index is 2.88. The van der Waals surface area contributed by atoms with Crippen LogP contribution in [0.1, 0.15) is 71.1 Å². The minimum atomic E-state index is -0.748. The predicted molar refractivity (Wildman–Crippen MR) is 82.7 cm³/mol. The highest BCUT2D eigenvalue weighted by Crippen LogP contribution is 2.46. The number of rotatable bonds is 12. The maximum Gasteiger partial charge on any atom is 0.145 e. The minimum absolute atomic E-state index is 0.748. The molecule has 0 aliphatic carbocycles. The van der Waals surface area contributed by atoms with Gasteiger partial charge in [-0.3, -0.25) is 0 Å². The highest BCUT2D eigenvalue weighted by atomic mass is 33.1. The van der Waals surface area contributed by atoms with Crippen LogP contribution in [0.15, 0.2) is 0 Å². The van der Waals surface area contributed by atoms with Gasteiger partial charge in [0.2, 0.25) is 0 Å². The van der Waals surface area contributed by atoms with Crippen LogP contribution in [0.5, 0.6) is 0 Å². The topological polar surface area (TPSA) is 9.23 Å². The molecule has 4 heteroatoms. The van der Waals surface area contributed by atoms with E-state index in [4.69, 9.17) is 4.52 Å². The molecule has 0 heterocycles. The Bertz CT molecular complexity index is 134. The van der Waals surface area contributed by atoms with E-state index in [9.17, 15) is 0 Å². The van der Waals surface area contributed by atoms with E-state index < -0.39 is 6.55 Å². The van der Waals surface area contributed by atoms with Crippen molar-refractivity contribution in [2.45, 2.75) is 71.1 Å². The molecule has 0 aliphatic rings. The van der Waals surface area contributed by atoms with Crippen LogP contribution < -0.4 is 0 Å². The first-order valence-electron chi connectivity index (χ1n) is 6.58. The summed E-state index contributed by atoms with van der Waals surface area (Å²) < 4.78 is 5.31. The molecule has 0 unspecified atom stereocenters. The van der Waals surface area contributed by atoms with Gasteiger partial charge in [0.15, 0.2) is 0 Å². The molecule has 0 aromatic heterocycles. The van der Waals surface area contributed by atoms with Crippen LogP contribution in [0.3, 0.4) is 0 Å². The lowest BCUT2D eigenvalue weighted by atomic mass is 10.1. The fraction of sp³-hybridized carbons (Fsp3) is 1.00. The molecule has 16 heavy (non-hydrogen) atoms. The van der Waals surface area contributed by atoms with Crippen molar-refractivity contribution in [1.29, 1.82) is 0 Å². The van der Waals surface area contributed by atoms with Crippen molar-refractivity contribution < 1.29 is 4.52 Å². The van der Waals surface area contributed by atoms with Crippen LogP contribution >= 0.6 is 31.0 Å². The van der Waals surface area contributed by atoms with Crippen molar-refractivity contribution in [3.8, 4) is 0 Å². The van der Waals surface area contributed by atoms with Crippen molar-refractivity contribution in [2.75, 3.05) is 6.61 Å². The van der Waals surface area contributed by atoms with Gasteiger partial charge >= 0.3 is 0 Å². The van der Waals surface area contributed by atoms with Gasteiger partial charge < -0.3 is 4.52 Å². The normalized spacial score (nSPS) is 11.2. The van der Waals surface area contributed by atoms with Crippen molar-refractivity contribution in [2.24, 2.45) is 0 Å². The molecule has 0 bridgehead atoms. The average molecular weight is 282 g/mol. The van der Waals surface area contributed by atoms with Gasteiger partial charge in [0.05, 0.1) is 6.61 Å². The molecule has 98 valence electrons. The minimum Gasteiger partial charge on any atom is -0.339 e. The molecule has 0 amide bonds. The van der Waals surface area contributed by atoms with Crippen LogP contribution in [-0.2, 0) is 4.52 Å². The summed E-state index contributed by atoms with van der Waals surface area (Å²) in [7, 11) is 0. The van der Waals surface area contributed by atoms with E-state index in [1.54, 1.807) is 0 Å². The summed E-state index contributed by atoms with van der Waals surface area (Å²) in [4.78, 5) is 0. The van der Waals surface area contributed by atoms with Gasteiger partial charge in [0.1, 0.15) is 6.55 Å². The third-order valence-corrected chi connectivity index (χ3v) is 3.81. The first kappa shape index (κ1) is 17.1. The third-order valence-electron chi connectivity index (χ3n) is 2.70. The van der Waals surface area contributed by atoms with Crippen LogP contribution in [0, 0.1) is 0 Å². The van der Waals surface area contributed by atoms with Gasteiger partial charge in [-0.05, 0) is 6.42 Å². The first-order chi connectivity index (χ1) is 7.77. The maximum absolute atomic E-state index is 5.31. The summed E-state index contributed by atoms with van der Waals surface area (Å²) in [5.74, 6) is 0. The molecule has 0 aliphatic heterocycles. The van der Waals surface area contributed by atoms with Crippen LogP contribution in [-0.4, -0.2) is 6.61 Å². The number of thiol groups is 2. The van der Waals surface area contributed by atoms with Crippen molar-refractivity contribution in [1.82, 2.24) is 0 Å². The van der Waals surface area contributed by atoms with Gasteiger partial charge in [0, 0.05) is 0 Å². The fourth-order valence-corrected chi connectivity index (χ4v) is 2.52. The summed E-state index contributed by atoms with van der Waals surface area (Å²) >= 11 is 8.21. The molecule has 0 rings (SSSR count). The number of hydrogen-bond donors (Lipinski definition) is 2. The van der Waals surface area contributed by atoms with Crippen LogP contribution in [0.25, 0.3) is 0 Å². The molecule has 0 radical (unpaired) electrons. The van der Waals surface area contributed by atoms with E-state index >= 15 is 0 Å². The summed E-state index contributed by atoms with van der Waals surface area (Å²) in [5, 5.41) is 0. The lowest BCUT2D eigenvalue weighted by Crippen LogP contribution is -1.87. The fourth-order valence-electron chi connectivity index (χ4n) is 1.74. The molecule has 0 atom stereocenters. The number of hydrogen-bond acceptors (Lipinski definition) is 3. The SMILES string of the molecule is CCCCCCCCCCCCOP(S)S. The molecule has 0 aromatic carbocycles. The Morgan fingerprint density at radius 1 is 0.750 bits per heavy atom. The molecule has 0 aromatic rings. The van der Waals surface area contributed by atoms with Crippen molar-refractivity contribution >= 4 is 31.0 Å². The Kier molecular flexibility index (Phi) is 15.1. The largest absolute Gasteiger partial charge is 0.339 e. The van der Waals surface area contributed by atoms with E-state index in [0.29, 0.717) is 0 Å². The zero-order valence-electron chi connectivity index (χ0n) is 10.5. The van der Waals surface area contributed by atoms with Gasteiger partial charge in [0.25, 0.3) is 0 Å². The quantitative estimate of drug-likeness (QED) is 0.253. The Labute approximate surface area is 113 Å². The highest BCUT2D eigenvalue weighted by Gasteiger charge is 1.95. The molecular weight excluding hydrogens is 255 g/mol. The first-order valence-corrected chi connectivity index (χ1v) is 10.1. The van der Waals surface area contributed by atoms with E-state index in [1.807, 2.05) is 0 Å². The van der Waals surface area contributed by atoms with E-state index in [-0.39, 0.29) is 0 Å². The molecule has 0 saturated heterocycles. The van der Waals surface area contributed by atoms with Gasteiger partial charge in [-0.25, -0.2) is 0 Å². The van der Waals surface area contributed by atoms with E-state index in [2.05, 4.69) is 31.4 Å². The second-order valence-corrected chi connectivity index (χ2v) is 8.16. The zero-order valence-corrected chi connectivity index (χ0v) is 13.2. The summed E-state index contributed by atoms with van der Waals surface area (Å²) in [6.07, 6.45) is 13.7. The lowest BCUT2D eigenvalue weighted by molar-refractivity contribution is 0.348. The van der Waals surface area contributed by atoms with Gasteiger partial charge in [-0.1, -0.05) is 64.7 Å². The molecule has 1 nitrogen and oxygen atoms in total. The molecule has 0 fully saturated rings. The Morgan fingerprint density at radius 3 is 1.62 bits per heavy atom. The summed E-state index contributed by atoms with van der Waals surface area (Å²) in [6.45, 7) is 2.35. The monoisotopic (exact) mass is 282 g/mol. The van der Waals surface area contributed by atoms with Gasteiger partial charge in [-0.2, -0.15) is 0 Å². The average Bonchev–Trinajstić information content (AvgIpc) is 2.25. The molecular formula is C12H27OPS2. The van der Waals surface area contributed by atoms with Crippen molar-refractivity contribution in [3.05, 3.63) is 0 Å². The Morgan fingerprint density at radius 2 is 1.19 bits per heavy atom.